The molecule has 112 valence electrons. The van der Waals surface area contributed by atoms with Crippen LogP contribution in [-0.2, 0) is 4.79 Å². The average Bonchev–Trinajstić information content (AvgIpc) is 3.13. The SMILES string of the molecule is CC(C)C1CCCC(NC(=O)CNCC2CC2)C1.Cl. The van der Waals surface area contributed by atoms with Gasteiger partial charge in [-0.25, -0.2) is 0 Å². The smallest absolute Gasteiger partial charge is 0.234 e. The Bertz CT molecular complexity index is 279. The third kappa shape index (κ3) is 6.13. The number of carbonyl (C=O) groups is 1. The molecule has 2 aliphatic carbocycles. The highest BCUT2D eigenvalue weighted by atomic mass is 35.5. The number of carbonyl (C=O) groups excluding carboxylic acids is 1. The minimum absolute atomic E-state index is 0. The molecule has 2 unspecified atom stereocenters. The van der Waals surface area contributed by atoms with Gasteiger partial charge in [0.15, 0.2) is 0 Å². The van der Waals surface area contributed by atoms with E-state index < -0.39 is 0 Å². The van der Waals surface area contributed by atoms with Crippen molar-refractivity contribution in [3.8, 4) is 0 Å². The zero-order chi connectivity index (χ0) is 13.0. The second kappa shape index (κ2) is 8.11. The van der Waals surface area contributed by atoms with Crippen molar-refractivity contribution in [1.82, 2.24) is 10.6 Å². The van der Waals surface area contributed by atoms with Crippen molar-refractivity contribution < 1.29 is 4.79 Å². The summed E-state index contributed by atoms with van der Waals surface area (Å²) in [6, 6.07) is 0.418. The van der Waals surface area contributed by atoms with Gasteiger partial charge in [0.2, 0.25) is 5.91 Å². The first-order valence-electron chi connectivity index (χ1n) is 7.65. The average molecular weight is 289 g/mol. The second-order valence-corrected chi connectivity index (χ2v) is 6.51. The van der Waals surface area contributed by atoms with Gasteiger partial charge in [-0.15, -0.1) is 12.4 Å². The van der Waals surface area contributed by atoms with E-state index in [1.54, 1.807) is 0 Å². The fourth-order valence-electron chi connectivity index (χ4n) is 2.95. The van der Waals surface area contributed by atoms with Crippen LogP contribution < -0.4 is 10.6 Å². The molecule has 19 heavy (non-hydrogen) atoms. The van der Waals surface area contributed by atoms with E-state index in [4.69, 9.17) is 0 Å². The number of hydrogen-bond donors (Lipinski definition) is 2. The van der Waals surface area contributed by atoms with Gasteiger partial charge in [-0.2, -0.15) is 0 Å². The van der Waals surface area contributed by atoms with Crippen molar-refractivity contribution in [2.45, 2.75) is 58.4 Å². The van der Waals surface area contributed by atoms with E-state index in [9.17, 15) is 4.79 Å². The van der Waals surface area contributed by atoms with Gasteiger partial charge in [0, 0.05) is 6.04 Å². The molecular formula is C15H29ClN2O. The molecule has 0 heterocycles. The van der Waals surface area contributed by atoms with Crippen molar-refractivity contribution in [1.29, 1.82) is 0 Å². The maximum Gasteiger partial charge on any atom is 0.234 e. The van der Waals surface area contributed by atoms with Gasteiger partial charge < -0.3 is 10.6 Å². The fraction of sp³-hybridized carbons (Fsp3) is 0.933. The van der Waals surface area contributed by atoms with Gasteiger partial charge >= 0.3 is 0 Å². The zero-order valence-electron chi connectivity index (χ0n) is 12.3. The van der Waals surface area contributed by atoms with E-state index in [1.165, 1.54) is 32.1 Å². The summed E-state index contributed by atoms with van der Waals surface area (Å²) in [5, 5.41) is 6.46. The predicted molar refractivity (Wildman–Crippen MR) is 81.6 cm³/mol. The first kappa shape index (κ1) is 16.8. The third-order valence-corrected chi connectivity index (χ3v) is 4.44. The van der Waals surface area contributed by atoms with Crippen molar-refractivity contribution in [3.63, 3.8) is 0 Å². The molecule has 2 rings (SSSR count). The molecule has 2 N–H and O–H groups in total. The molecule has 0 aromatic carbocycles. The fourth-order valence-corrected chi connectivity index (χ4v) is 2.95. The summed E-state index contributed by atoms with van der Waals surface area (Å²) in [5.74, 6) is 2.57. The Morgan fingerprint density at radius 2 is 1.95 bits per heavy atom. The molecule has 0 aromatic rings. The lowest BCUT2D eigenvalue weighted by molar-refractivity contribution is -0.121. The lowest BCUT2D eigenvalue weighted by Crippen LogP contribution is -2.43. The Labute approximate surface area is 123 Å². The summed E-state index contributed by atoms with van der Waals surface area (Å²) >= 11 is 0. The van der Waals surface area contributed by atoms with Crippen LogP contribution in [0.15, 0.2) is 0 Å². The molecule has 4 heteroatoms. The molecule has 0 spiro atoms. The molecule has 2 fully saturated rings. The number of halogens is 1. The minimum atomic E-state index is 0. The predicted octanol–water partition coefficient (Wildman–Crippen LogP) is 2.74. The monoisotopic (exact) mass is 288 g/mol. The molecule has 0 aliphatic heterocycles. The summed E-state index contributed by atoms with van der Waals surface area (Å²) in [7, 11) is 0. The van der Waals surface area contributed by atoms with Gasteiger partial charge in [-0.3, -0.25) is 4.79 Å². The molecule has 2 saturated carbocycles. The molecular weight excluding hydrogens is 260 g/mol. The molecule has 2 atom stereocenters. The van der Waals surface area contributed by atoms with Gasteiger partial charge in [0.25, 0.3) is 0 Å². The summed E-state index contributed by atoms with van der Waals surface area (Å²) in [6.45, 7) is 6.12. The van der Waals surface area contributed by atoms with Crippen LogP contribution in [0, 0.1) is 17.8 Å². The topological polar surface area (TPSA) is 41.1 Å². The molecule has 0 radical (unpaired) electrons. The normalized spacial score (nSPS) is 26.9. The third-order valence-electron chi connectivity index (χ3n) is 4.44. The van der Waals surface area contributed by atoms with E-state index in [0.717, 1.165) is 30.7 Å². The van der Waals surface area contributed by atoms with E-state index in [2.05, 4.69) is 24.5 Å². The Kier molecular flexibility index (Phi) is 7.16. The maximum absolute atomic E-state index is 11.8. The first-order valence-corrected chi connectivity index (χ1v) is 7.65. The maximum atomic E-state index is 11.8. The second-order valence-electron chi connectivity index (χ2n) is 6.51. The highest BCUT2D eigenvalue weighted by Gasteiger charge is 2.25. The van der Waals surface area contributed by atoms with Gasteiger partial charge in [-0.1, -0.05) is 26.7 Å². The van der Waals surface area contributed by atoms with E-state index in [-0.39, 0.29) is 18.3 Å². The van der Waals surface area contributed by atoms with E-state index >= 15 is 0 Å². The molecule has 0 saturated heterocycles. The van der Waals surface area contributed by atoms with Gasteiger partial charge in [0.05, 0.1) is 6.54 Å². The summed E-state index contributed by atoms with van der Waals surface area (Å²) < 4.78 is 0. The molecule has 0 bridgehead atoms. The molecule has 0 aromatic heterocycles. The standard InChI is InChI=1S/C15H28N2O.ClH/c1-11(2)13-4-3-5-14(8-13)17-15(18)10-16-9-12-6-7-12;/h11-14,16H,3-10H2,1-2H3,(H,17,18);1H. The van der Waals surface area contributed by atoms with Crippen LogP contribution in [-0.4, -0.2) is 25.0 Å². The minimum Gasteiger partial charge on any atom is -0.352 e. The van der Waals surface area contributed by atoms with Crippen LogP contribution in [0.2, 0.25) is 0 Å². The largest absolute Gasteiger partial charge is 0.352 e. The number of rotatable bonds is 6. The molecule has 3 nitrogen and oxygen atoms in total. The zero-order valence-corrected chi connectivity index (χ0v) is 13.1. The highest BCUT2D eigenvalue weighted by Crippen LogP contribution is 2.30. The lowest BCUT2D eigenvalue weighted by Gasteiger charge is -2.32. The Hall–Kier alpha value is -0.280. The van der Waals surface area contributed by atoms with Crippen molar-refractivity contribution in [2.24, 2.45) is 17.8 Å². The van der Waals surface area contributed by atoms with E-state index in [0.29, 0.717) is 12.6 Å². The lowest BCUT2D eigenvalue weighted by atomic mass is 9.79. The van der Waals surface area contributed by atoms with Gasteiger partial charge in [0.1, 0.15) is 0 Å². The van der Waals surface area contributed by atoms with Crippen molar-refractivity contribution in [3.05, 3.63) is 0 Å². The summed E-state index contributed by atoms with van der Waals surface area (Å²) in [6.07, 6.45) is 7.62. The number of nitrogens with one attached hydrogen (secondary N) is 2. The first-order chi connectivity index (χ1) is 8.65. The Morgan fingerprint density at radius 1 is 1.21 bits per heavy atom. The van der Waals surface area contributed by atoms with Crippen LogP contribution in [0.5, 0.6) is 0 Å². The van der Waals surface area contributed by atoms with Crippen LogP contribution in [0.1, 0.15) is 52.4 Å². The highest BCUT2D eigenvalue weighted by molar-refractivity contribution is 5.85. The Balaban J connectivity index is 0.00000180. The van der Waals surface area contributed by atoms with Crippen LogP contribution in [0.3, 0.4) is 0 Å². The van der Waals surface area contributed by atoms with E-state index in [1.807, 2.05) is 0 Å². The van der Waals surface area contributed by atoms with Crippen LogP contribution >= 0.6 is 12.4 Å². The van der Waals surface area contributed by atoms with Gasteiger partial charge in [-0.05, 0) is 50.0 Å². The summed E-state index contributed by atoms with van der Waals surface area (Å²) in [5.41, 5.74) is 0. The summed E-state index contributed by atoms with van der Waals surface area (Å²) in [4.78, 5) is 11.8. The number of amides is 1. The molecule has 1 amide bonds. The van der Waals surface area contributed by atoms with Crippen LogP contribution in [0.25, 0.3) is 0 Å². The molecule has 2 aliphatic rings. The van der Waals surface area contributed by atoms with Crippen LogP contribution in [0.4, 0.5) is 0 Å². The Morgan fingerprint density at radius 3 is 2.58 bits per heavy atom. The quantitative estimate of drug-likeness (QED) is 0.789. The number of hydrogen-bond acceptors (Lipinski definition) is 2. The van der Waals surface area contributed by atoms with Crippen molar-refractivity contribution in [2.75, 3.05) is 13.1 Å². The van der Waals surface area contributed by atoms with Crippen molar-refractivity contribution >= 4 is 18.3 Å².